The van der Waals surface area contributed by atoms with Gasteiger partial charge >= 0.3 is 0 Å². The van der Waals surface area contributed by atoms with E-state index in [1.165, 1.54) is 89.9 Å². The second kappa shape index (κ2) is 14.3. The molecule has 2 heteroatoms. The number of rotatable bonds is 4. The van der Waals surface area contributed by atoms with Gasteiger partial charge in [0.25, 0.3) is 0 Å². The molecule has 0 radical (unpaired) electrons. The van der Waals surface area contributed by atoms with Crippen LogP contribution in [0.15, 0.2) is 11.6 Å². The van der Waals surface area contributed by atoms with Gasteiger partial charge in [-0.15, -0.1) is 0 Å². The summed E-state index contributed by atoms with van der Waals surface area (Å²) in [6, 6.07) is 0.759. The third kappa shape index (κ3) is 10.4. The number of hydrogen-bond acceptors (Lipinski definition) is 2. The van der Waals surface area contributed by atoms with Gasteiger partial charge in [0.15, 0.2) is 0 Å². The van der Waals surface area contributed by atoms with E-state index in [0.717, 1.165) is 12.6 Å². The normalized spacial score (nSPS) is 26.3. The van der Waals surface area contributed by atoms with Crippen LogP contribution in [0.5, 0.6) is 0 Å². The van der Waals surface area contributed by atoms with Crippen molar-refractivity contribution >= 4 is 0 Å². The Kier molecular flexibility index (Phi) is 12.8. The molecule has 0 bridgehead atoms. The van der Waals surface area contributed by atoms with Gasteiger partial charge in [0, 0.05) is 6.04 Å². The minimum Gasteiger partial charge on any atom is -0.319 e. The third-order valence-corrected chi connectivity index (χ3v) is 5.09. The van der Waals surface area contributed by atoms with Crippen molar-refractivity contribution in [2.45, 2.75) is 95.9 Å². The fourth-order valence-electron chi connectivity index (χ4n) is 3.52. The lowest BCUT2D eigenvalue weighted by Crippen LogP contribution is -2.24. The van der Waals surface area contributed by atoms with E-state index < -0.39 is 0 Å². The molecular formula is C20H40N2. The highest BCUT2D eigenvalue weighted by atomic mass is 14.9. The lowest BCUT2D eigenvalue weighted by molar-refractivity contribution is 0.438. The Hall–Kier alpha value is -0.340. The molecule has 0 fully saturated rings. The van der Waals surface area contributed by atoms with E-state index in [9.17, 15) is 0 Å². The van der Waals surface area contributed by atoms with Crippen LogP contribution in [-0.4, -0.2) is 26.7 Å². The predicted molar refractivity (Wildman–Crippen MR) is 99.5 cm³/mol. The van der Waals surface area contributed by atoms with E-state index in [-0.39, 0.29) is 0 Å². The third-order valence-electron chi connectivity index (χ3n) is 5.09. The Morgan fingerprint density at radius 1 is 0.864 bits per heavy atom. The molecule has 0 aliphatic heterocycles. The van der Waals surface area contributed by atoms with Crippen molar-refractivity contribution < 1.29 is 0 Å². The number of nitrogens with one attached hydrogen (secondary N) is 2. The summed E-state index contributed by atoms with van der Waals surface area (Å²) in [4.78, 5) is 0. The van der Waals surface area contributed by atoms with Crippen molar-refractivity contribution in [1.29, 1.82) is 0 Å². The van der Waals surface area contributed by atoms with Gasteiger partial charge in [-0.1, -0.05) is 56.6 Å². The van der Waals surface area contributed by atoms with Crippen LogP contribution in [0.4, 0.5) is 0 Å². The molecule has 0 heterocycles. The van der Waals surface area contributed by atoms with Gasteiger partial charge in [0.05, 0.1) is 0 Å². The Labute approximate surface area is 139 Å². The molecule has 0 aromatic heterocycles. The Bertz CT molecular complexity index is 273. The van der Waals surface area contributed by atoms with Gasteiger partial charge in [-0.2, -0.15) is 0 Å². The monoisotopic (exact) mass is 308 g/mol. The minimum atomic E-state index is 0.759. The summed E-state index contributed by atoms with van der Waals surface area (Å²) >= 11 is 0. The second-order valence-electron chi connectivity index (χ2n) is 7.00. The molecule has 130 valence electrons. The average Bonchev–Trinajstić information content (AvgIpc) is 2.53. The first-order valence-corrected chi connectivity index (χ1v) is 9.86. The first kappa shape index (κ1) is 19.7. The summed E-state index contributed by atoms with van der Waals surface area (Å²) in [5, 5.41) is 6.82. The van der Waals surface area contributed by atoms with Crippen molar-refractivity contribution in [3.8, 4) is 0 Å². The lowest BCUT2D eigenvalue weighted by atomic mass is 9.97. The summed E-state index contributed by atoms with van der Waals surface area (Å²) in [5.74, 6) is 0. The Balaban J connectivity index is 2.38. The van der Waals surface area contributed by atoms with Crippen molar-refractivity contribution in [2.24, 2.45) is 0 Å². The Morgan fingerprint density at radius 2 is 1.50 bits per heavy atom. The summed E-state index contributed by atoms with van der Waals surface area (Å²) < 4.78 is 0. The SMILES string of the molecule is CNCC/C1=C/CCCCCC(NC)CCCCCCCC1. The number of hydrogen-bond donors (Lipinski definition) is 2. The second-order valence-corrected chi connectivity index (χ2v) is 7.00. The molecular weight excluding hydrogens is 268 g/mol. The first-order chi connectivity index (χ1) is 10.9. The van der Waals surface area contributed by atoms with Crippen molar-refractivity contribution in [3.05, 3.63) is 11.6 Å². The van der Waals surface area contributed by atoms with Gasteiger partial charge in [0.2, 0.25) is 0 Å². The number of allylic oxidation sites excluding steroid dienone is 1. The predicted octanol–water partition coefficient (Wildman–Crippen LogP) is 5.20. The van der Waals surface area contributed by atoms with Crippen LogP contribution < -0.4 is 10.6 Å². The molecule has 1 rings (SSSR count). The molecule has 0 aromatic carbocycles. The molecule has 2 nitrogen and oxygen atoms in total. The largest absolute Gasteiger partial charge is 0.319 e. The molecule has 0 saturated heterocycles. The molecule has 0 spiro atoms. The molecule has 1 aliphatic rings. The smallest absolute Gasteiger partial charge is 0.00640 e. The molecule has 0 amide bonds. The fraction of sp³-hybridized carbons (Fsp3) is 0.900. The summed E-state index contributed by atoms with van der Waals surface area (Å²) in [6.45, 7) is 1.13. The molecule has 2 N–H and O–H groups in total. The summed E-state index contributed by atoms with van der Waals surface area (Å²) in [7, 11) is 4.20. The van der Waals surface area contributed by atoms with E-state index in [4.69, 9.17) is 0 Å². The standard InChI is InChI=1S/C20H40N2/c1-21-18-17-19-13-9-5-3-4-6-11-15-20(22-2)16-12-8-7-10-14-19/h14,20-22H,3-13,15-18H2,1-2H3/b19-14+. The zero-order valence-corrected chi connectivity index (χ0v) is 15.3. The summed E-state index contributed by atoms with van der Waals surface area (Å²) in [6.07, 6.45) is 21.9. The Morgan fingerprint density at radius 3 is 2.18 bits per heavy atom. The van der Waals surface area contributed by atoms with E-state index in [0.29, 0.717) is 0 Å². The van der Waals surface area contributed by atoms with E-state index in [1.807, 2.05) is 0 Å². The fourth-order valence-corrected chi connectivity index (χ4v) is 3.52. The van der Waals surface area contributed by atoms with Gasteiger partial charge in [0.1, 0.15) is 0 Å². The van der Waals surface area contributed by atoms with E-state index >= 15 is 0 Å². The summed E-state index contributed by atoms with van der Waals surface area (Å²) in [5.41, 5.74) is 1.70. The van der Waals surface area contributed by atoms with Crippen LogP contribution in [0.2, 0.25) is 0 Å². The average molecular weight is 309 g/mol. The van der Waals surface area contributed by atoms with Crippen molar-refractivity contribution in [1.82, 2.24) is 10.6 Å². The molecule has 1 atom stereocenters. The van der Waals surface area contributed by atoms with Gasteiger partial charge in [-0.25, -0.2) is 0 Å². The van der Waals surface area contributed by atoms with Crippen molar-refractivity contribution in [2.75, 3.05) is 20.6 Å². The van der Waals surface area contributed by atoms with Crippen LogP contribution in [0.3, 0.4) is 0 Å². The van der Waals surface area contributed by atoms with Gasteiger partial charge < -0.3 is 10.6 Å². The topological polar surface area (TPSA) is 24.1 Å². The van der Waals surface area contributed by atoms with Gasteiger partial charge in [-0.3, -0.25) is 0 Å². The zero-order valence-electron chi connectivity index (χ0n) is 15.3. The molecule has 0 saturated carbocycles. The van der Waals surface area contributed by atoms with Crippen LogP contribution in [0.1, 0.15) is 89.9 Å². The van der Waals surface area contributed by atoms with Crippen LogP contribution in [-0.2, 0) is 0 Å². The highest BCUT2D eigenvalue weighted by Gasteiger charge is 2.06. The van der Waals surface area contributed by atoms with E-state index in [2.05, 4.69) is 30.8 Å². The minimum absolute atomic E-state index is 0.759. The lowest BCUT2D eigenvalue weighted by Gasteiger charge is -2.16. The first-order valence-electron chi connectivity index (χ1n) is 9.86. The molecule has 0 aromatic rings. The molecule has 1 aliphatic carbocycles. The van der Waals surface area contributed by atoms with E-state index in [1.54, 1.807) is 5.57 Å². The zero-order chi connectivity index (χ0) is 15.9. The van der Waals surface area contributed by atoms with Crippen LogP contribution >= 0.6 is 0 Å². The maximum Gasteiger partial charge on any atom is 0.00640 e. The van der Waals surface area contributed by atoms with Crippen LogP contribution in [0.25, 0.3) is 0 Å². The van der Waals surface area contributed by atoms with Gasteiger partial charge in [-0.05, 0) is 65.6 Å². The maximum absolute atomic E-state index is 3.52. The maximum atomic E-state index is 3.52. The highest BCUT2D eigenvalue weighted by molar-refractivity contribution is 5.02. The van der Waals surface area contributed by atoms with Crippen molar-refractivity contribution in [3.63, 3.8) is 0 Å². The molecule has 1 unspecified atom stereocenters. The van der Waals surface area contributed by atoms with Crippen LogP contribution in [0, 0.1) is 0 Å². The molecule has 22 heavy (non-hydrogen) atoms. The highest BCUT2D eigenvalue weighted by Crippen LogP contribution is 2.18. The quantitative estimate of drug-likeness (QED) is 0.698.